The minimum absolute atomic E-state index is 0.541. The number of rotatable bonds is 3. The third-order valence-electron chi connectivity index (χ3n) is 2.50. The fraction of sp³-hybridized carbons (Fsp3) is 0.462. The van der Waals surface area contributed by atoms with Crippen LogP contribution >= 0.6 is 0 Å². The van der Waals surface area contributed by atoms with E-state index in [0.29, 0.717) is 11.8 Å². The summed E-state index contributed by atoms with van der Waals surface area (Å²) in [5.74, 6) is 1.08. The van der Waals surface area contributed by atoms with Gasteiger partial charge in [0, 0.05) is 0 Å². The van der Waals surface area contributed by atoms with E-state index in [1.54, 1.807) is 4.92 Å². The Balaban J connectivity index is 3.32. The Hall–Kier alpha value is -0.391. The van der Waals surface area contributed by atoms with E-state index < -0.39 is 0 Å². The molecule has 0 fully saturated rings. The van der Waals surface area contributed by atoms with Gasteiger partial charge in [-0.05, 0) is 0 Å². The van der Waals surface area contributed by atoms with Crippen molar-refractivity contribution < 1.29 is 15.6 Å². The molecule has 0 bridgehead atoms. The fourth-order valence-electron chi connectivity index (χ4n) is 1.71. The summed E-state index contributed by atoms with van der Waals surface area (Å²) in [6, 6.07) is 6.47. The summed E-state index contributed by atoms with van der Waals surface area (Å²) in [5.41, 5.74) is 3.97. The van der Waals surface area contributed by atoms with Crippen LogP contribution in [0.2, 0.25) is 0 Å². The third kappa shape index (κ3) is 2.34. The molecule has 0 aliphatic rings. The van der Waals surface area contributed by atoms with Gasteiger partial charge >= 0.3 is 94.9 Å². The van der Waals surface area contributed by atoms with Crippen molar-refractivity contribution in [2.24, 2.45) is 0 Å². The molecule has 81 valence electrons. The summed E-state index contributed by atoms with van der Waals surface area (Å²) in [7, 11) is 0. The first-order valence-corrected chi connectivity index (χ1v) is 5.64. The topological polar surface area (TPSA) is 0 Å². The van der Waals surface area contributed by atoms with Gasteiger partial charge in [-0.15, -0.1) is 0 Å². The molecule has 1 heteroatoms. The fourth-order valence-corrected chi connectivity index (χ4v) is 2.02. The number of hydrogen-bond donors (Lipinski definition) is 0. The predicted octanol–water partition coefficient (Wildman–Crippen LogP) is 3.63. The molecule has 1 rings (SSSR count). The van der Waals surface area contributed by atoms with Crippen LogP contribution in [-0.4, -0.2) is 4.92 Å². The quantitative estimate of drug-likeness (QED) is 0.705. The predicted molar refractivity (Wildman–Crippen MR) is 59.8 cm³/mol. The van der Waals surface area contributed by atoms with Gasteiger partial charge in [0.2, 0.25) is 0 Å². The van der Waals surface area contributed by atoms with E-state index in [9.17, 15) is 0 Å². The zero-order valence-corrected chi connectivity index (χ0v) is 10.2. The first-order chi connectivity index (χ1) is 6.57. The SMILES string of the molecule is CC(C)c1cccc(C(C)C)c1[CH]=[Cu]. The molecule has 0 aliphatic carbocycles. The van der Waals surface area contributed by atoms with E-state index >= 15 is 0 Å². The van der Waals surface area contributed by atoms with E-state index in [0.717, 1.165) is 0 Å². The summed E-state index contributed by atoms with van der Waals surface area (Å²) >= 11 is 5.26. The van der Waals surface area contributed by atoms with Crippen molar-refractivity contribution in [2.45, 2.75) is 39.5 Å². The molecule has 1 aromatic carbocycles. The Morgan fingerprint density at radius 1 is 1.00 bits per heavy atom. The van der Waals surface area contributed by atoms with Gasteiger partial charge in [0.25, 0.3) is 0 Å². The first kappa shape index (κ1) is 11.7. The third-order valence-corrected chi connectivity index (χ3v) is 2.78. The molecule has 0 saturated carbocycles. The normalized spacial score (nSPS) is 11.1. The standard InChI is InChI=1S/C13H18.Cu/c1-9(2)12-7-6-8-13(10(3)4)11(12)5;/h5-10H,1-4H3;. The molecule has 0 amide bonds. The van der Waals surface area contributed by atoms with Gasteiger partial charge in [0.1, 0.15) is 0 Å². The van der Waals surface area contributed by atoms with Crippen molar-refractivity contribution in [2.75, 3.05) is 0 Å². The number of benzene rings is 1. The monoisotopic (exact) mass is 237 g/mol. The van der Waals surface area contributed by atoms with Crippen LogP contribution in [0.3, 0.4) is 0 Å². The minimum atomic E-state index is 0.541. The molecule has 0 spiro atoms. The molecule has 0 aromatic heterocycles. The molecule has 0 heterocycles. The molecule has 0 atom stereocenters. The van der Waals surface area contributed by atoms with Gasteiger partial charge in [-0.2, -0.15) is 0 Å². The second-order valence-electron chi connectivity index (χ2n) is 4.25. The summed E-state index contributed by atoms with van der Waals surface area (Å²) < 4.78 is 0. The molecule has 0 nitrogen and oxygen atoms in total. The van der Waals surface area contributed by atoms with Gasteiger partial charge < -0.3 is 0 Å². The van der Waals surface area contributed by atoms with Crippen molar-refractivity contribution in [1.82, 2.24) is 0 Å². The zero-order valence-electron chi connectivity index (χ0n) is 9.27. The van der Waals surface area contributed by atoms with Crippen molar-refractivity contribution in [3.63, 3.8) is 0 Å². The van der Waals surface area contributed by atoms with Crippen LogP contribution in [0.4, 0.5) is 0 Å². The van der Waals surface area contributed by atoms with Crippen LogP contribution in [0, 0.1) is 0 Å². The average Bonchev–Trinajstić information content (AvgIpc) is 2.16. The molecule has 1 aromatic rings. The van der Waals surface area contributed by atoms with E-state index in [1.807, 2.05) is 0 Å². The maximum absolute atomic E-state index is 5.26. The van der Waals surface area contributed by atoms with Crippen LogP contribution < -0.4 is 0 Å². The molecule has 0 radical (unpaired) electrons. The summed E-state index contributed by atoms with van der Waals surface area (Å²) in [4.78, 5) is 1.80. The van der Waals surface area contributed by atoms with Crippen molar-refractivity contribution in [3.8, 4) is 0 Å². The Morgan fingerprint density at radius 3 is 1.71 bits per heavy atom. The van der Waals surface area contributed by atoms with Crippen LogP contribution in [0.1, 0.15) is 56.2 Å². The Labute approximate surface area is 95.1 Å². The van der Waals surface area contributed by atoms with E-state index in [-0.39, 0.29) is 0 Å². The molecule has 0 unspecified atom stereocenters. The van der Waals surface area contributed by atoms with E-state index in [1.165, 1.54) is 16.7 Å². The van der Waals surface area contributed by atoms with Gasteiger partial charge in [-0.3, -0.25) is 0 Å². The zero-order chi connectivity index (χ0) is 10.7. The Morgan fingerprint density at radius 2 is 1.43 bits per heavy atom. The molecule has 0 N–H and O–H groups in total. The van der Waals surface area contributed by atoms with Gasteiger partial charge in [0.05, 0.1) is 0 Å². The van der Waals surface area contributed by atoms with Crippen LogP contribution in [0.5, 0.6) is 0 Å². The molecule has 0 aliphatic heterocycles. The Kier molecular flexibility index (Phi) is 4.10. The van der Waals surface area contributed by atoms with E-state index in [2.05, 4.69) is 45.9 Å². The van der Waals surface area contributed by atoms with Gasteiger partial charge in [-0.1, -0.05) is 0 Å². The summed E-state index contributed by atoms with van der Waals surface area (Å²) in [6.07, 6.45) is 0. The van der Waals surface area contributed by atoms with Crippen molar-refractivity contribution in [1.29, 1.82) is 0 Å². The second-order valence-corrected chi connectivity index (χ2v) is 4.52. The van der Waals surface area contributed by atoms with Gasteiger partial charge in [-0.25, -0.2) is 0 Å². The van der Waals surface area contributed by atoms with Crippen molar-refractivity contribution in [3.05, 3.63) is 34.9 Å². The molecule has 14 heavy (non-hydrogen) atoms. The Bertz CT molecular complexity index is 298. The molecular formula is C13H18Cu. The first-order valence-electron chi connectivity index (χ1n) is 5.09. The summed E-state index contributed by atoms with van der Waals surface area (Å²) in [5, 5.41) is 0. The maximum atomic E-state index is 5.26. The van der Waals surface area contributed by atoms with Crippen LogP contribution in [-0.2, 0) is 15.6 Å². The van der Waals surface area contributed by atoms with Crippen molar-refractivity contribution >= 4 is 4.92 Å². The second kappa shape index (κ2) is 4.91. The summed E-state index contributed by atoms with van der Waals surface area (Å²) in [6.45, 7) is 8.83. The van der Waals surface area contributed by atoms with Crippen LogP contribution in [0.15, 0.2) is 18.2 Å². The van der Waals surface area contributed by atoms with Gasteiger partial charge in [0.15, 0.2) is 0 Å². The van der Waals surface area contributed by atoms with E-state index in [4.69, 9.17) is 15.6 Å². The number of hydrogen-bond acceptors (Lipinski definition) is 0. The molecular weight excluding hydrogens is 220 g/mol. The van der Waals surface area contributed by atoms with Crippen LogP contribution in [0.25, 0.3) is 0 Å². The molecule has 0 saturated heterocycles. The average molecular weight is 238 g/mol.